The van der Waals surface area contributed by atoms with Crippen LogP contribution in [0.3, 0.4) is 0 Å². The van der Waals surface area contributed by atoms with Crippen molar-refractivity contribution in [1.82, 2.24) is 15.8 Å². The Kier molecular flexibility index (Phi) is 8.68. The van der Waals surface area contributed by atoms with Crippen LogP contribution in [-0.2, 0) is 25.8 Å². The van der Waals surface area contributed by atoms with Gasteiger partial charge in [0.25, 0.3) is 0 Å². The molecule has 0 aliphatic rings. The second-order valence-electron chi connectivity index (χ2n) is 6.32. The summed E-state index contributed by atoms with van der Waals surface area (Å²) in [5, 5.41) is 10.9. The molecule has 0 bridgehead atoms. The average Bonchev–Trinajstić information content (AvgIpc) is 3.11. The quantitative estimate of drug-likeness (QED) is 0.379. The van der Waals surface area contributed by atoms with E-state index in [-0.39, 0.29) is 0 Å². The maximum atomic E-state index is 5.42. The third-order valence-corrected chi connectivity index (χ3v) is 4.42. The van der Waals surface area contributed by atoms with Crippen molar-refractivity contribution in [3.8, 4) is 5.75 Å². The predicted octanol–water partition coefficient (Wildman–Crippen LogP) is 3.50. The molecule has 2 rings (SSSR count). The lowest BCUT2D eigenvalue weighted by Gasteiger charge is -2.11. The number of aryl methyl sites for hydroxylation is 3. The highest BCUT2D eigenvalue weighted by molar-refractivity contribution is 5.79. The highest BCUT2D eigenvalue weighted by Crippen LogP contribution is 2.17. The molecule has 0 unspecified atom stereocenters. The van der Waals surface area contributed by atoms with Gasteiger partial charge in [-0.15, -0.1) is 0 Å². The van der Waals surface area contributed by atoms with Crippen molar-refractivity contribution in [2.24, 2.45) is 4.99 Å². The molecule has 6 heteroatoms. The molecule has 6 nitrogen and oxygen atoms in total. The van der Waals surface area contributed by atoms with Gasteiger partial charge in [0.2, 0.25) is 0 Å². The summed E-state index contributed by atoms with van der Waals surface area (Å²) in [4.78, 5) is 4.72. The van der Waals surface area contributed by atoms with Crippen molar-refractivity contribution < 1.29 is 9.26 Å². The van der Waals surface area contributed by atoms with Crippen LogP contribution in [0.1, 0.15) is 49.8 Å². The molecule has 1 aromatic heterocycles. The molecule has 0 saturated heterocycles. The molecule has 0 radical (unpaired) electrons. The molecule has 0 aliphatic heterocycles. The second-order valence-corrected chi connectivity index (χ2v) is 6.32. The minimum absolute atomic E-state index is 0.584. The third-order valence-electron chi connectivity index (χ3n) is 4.42. The molecule has 0 aliphatic carbocycles. The molecule has 2 aromatic rings. The van der Waals surface area contributed by atoms with Gasteiger partial charge < -0.3 is 19.9 Å². The molecule has 2 N–H and O–H groups in total. The number of guanidine groups is 1. The first-order valence-electron chi connectivity index (χ1n) is 9.83. The molecule has 0 spiro atoms. The Morgan fingerprint density at radius 1 is 1.19 bits per heavy atom. The molecule has 0 saturated carbocycles. The van der Waals surface area contributed by atoms with E-state index in [0.29, 0.717) is 6.54 Å². The van der Waals surface area contributed by atoms with E-state index >= 15 is 0 Å². The molecule has 0 atom stereocenters. The predicted molar refractivity (Wildman–Crippen MR) is 109 cm³/mol. The summed E-state index contributed by atoms with van der Waals surface area (Å²) in [6.07, 6.45) is 3.71. The molecule has 0 amide bonds. The summed E-state index contributed by atoms with van der Waals surface area (Å²) in [7, 11) is 1.70. The number of aromatic nitrogens is 1. The zero-order valence-corrected chi connectivity index (χ0v) is 17.0. The summed E-state index contributed by atoms with van der Waals surface area (Å²) < 4.78 is 10.7. The van der Waals surface area contributed by atoms with Gasteiger partial charge >= 0.3 is 0 Å². The maximum absolute atomic E-state index is 5.42. The van der Waals surface area contributed by atoms with Crippen molar-refractivity contribution in [2.75, 3.05) is 20.2 Å². The third kappa shape index (κ3) is 6.31. The van der Waals surface area contributed by atoms with Gasteiger partial charge in [-0.3, -0.25) is 0 Å². The van der Waals surface area contributed by atoms with Crippen LogP contribution in [-0.4, -0.2) is 31.3 Å². The molecular weight excluding hydrogens is 340 g/mol. The van der Waals surface area contributed by atoms with Crippen LogP contribution in [0.25, 0.3) is 0 Å². The van der Waals surface area contributed by atoms with Gasteiger partial charge in [-0.1, -0.05) is 31.1 Å². The Morgan fingerprint density at radius 3 is 2.74 bits per heavy atom. The van der Waals surface area contributed by atoms with E-state index in [2.05, 4.69) is 48.7 Å². The fourth-order valence-electron chi connectivity index (χ4n) is 2.94. The van der Waals surface area contributed by atoms with Crippen molar-refractivity contribution in [2.45, 2.75) is 53.0 Å². The van der Waals surface area contributed by atoms with E-state index in [1.807, 2.05) is 12.1 Å². The monoisotopic (exact) mass is 372 g/mol. The van der Waals surface area contributed by atoms with E-state index in [1.54, 1.807) is 7.11 Å². The van der Waals surface area contributed by atoms with Gasteiger partial charge in [0.15, 0.2) is 5.96 Å². The van der Waals surface area contributed by atoms with Crippen LogP contribution < -0.4 is 15.4 Å². The van der Waals surface area contributed by atoms with E-state index in [1.165, 1.54) is 5.56 Å². The molecule has 0 fully saturated rings. The van der Waals surface area contributed by atoms with Crippen molar-refractivity contribution in [3.63, 3.8) is 0 Å². The lowest BCUT2D eigenvalue weighted by molar-refractivity contribution is 0.380. The standard InChI is InChI=1S/C21H32N4O2/c1-5-19-18(20(6-2)27-25-19)15-24-21(22-7-3)23-13-9-11-16-10-8-12-17(14-16)26-4/h8,10,12,14H,5-7,9,11,13,15H2,1-4H3,(H2,22,23,24). The van der Waals surface area contributed by atoms with Gasteiger partial charge in [0.1, 0.15) is 11.5 Å². The Bertz CT molecular complexity index is 703. The summed E-state index contributed by atoms with van der Waals surface area (Å²) in [6, 6.07) is 8.22. The van der Waals surface area contributed by atoms with Gasteiger partial charge in [0.05, 0.1) is 19.3 Å². The molecule has 27 heavy (non-hydrogen) atoms. The summed E-state index contributed by atoms with van der Waals surface area (Å²) >= 11 is 0. The van der Waals surface area contributed by atoms with Crippen LogP contribution in [0, 0.1) is 0 Å². The topological polar surface area (TPSA) is 71.7 Å². The van der Waals surface area contributed by atoms with Crippen LogP contribution in [0.4, 0.5) is 0 Å². The lowest BCUT2D eigenvalue weighted by Crippen LogP contribution is -2.37. The van der Waals surface area contributed by atoms with E-state index in [4.69, 9.17) is 14.3 Å². The first-order valence-corrected chi connectivity index (χ1v) is 9.83. The van der Waals surface area contributed by atoms with Gasteiger partial charge in [-0.25, -0.2) is 4.99 Å². The van der Waals surface area contributed by atoms with Crippen LogP contribution in [0.2, 0.25) is 0 Å². The number of methoxy groups -OCH3 is 1. The van der Waals surface area contributed by atoms with Gasteiger partial charge in [0, 0.05) is 25.1 Å². The van der Waals surface area contributed by atoms with Crippen LogP contribution >= 0.6 is 0 Å². The summed E-state index contributed by atoms with van der Waals surface area (Å²) in [5.41, 5.74) is 3.40. The Balaban J connectivity index is 1.89. The molecule has 1 aromatic carbocycles. The first kappa shape index (κ1) is 20.8. The number of hydrogen-bond donors (Lipinski definition) is 2. The van der Waals surface area contributed by atoms with Crippen molar-refractivity contribution >= 4 is 5.96 Å². The Labute approximate surface area is 162 Å². The van der Waals surface area contributed by atoms with E-state index in [9.17, 15) is 0 Å². The second kappa shape index (κ2) is 11.3. The number of aliphatic imine (C=N–C) groups is 1. The maximum Gasteiger partial charge on any atom is 0.191 e. The number of nitrogens with one attached hydrogen (secondary N) is 2. The number of hydrogen-bond acceptors (Lipinski definition) is 4. The van der Waals surface area contributed by atoms with E-state index in [0.717, 1.165) is 67.5 Å². The smallest absolute Gasteiger partial charge is 0.191 e. The Hall–Kier alpha value is -2.50. The minimum atomic E-state index is 0.584. The zero-order chi connectivity index (χ0) is 19.5. The van der Waals surface area contributed by atoms with E-state index < -0.39 is 0 Å². The number of ether oxygens (including phenoxy) is 1. The highest BCUT2D eigenvalue weighted by atomic mass is 16.5. The SMILES string of the molecule is CCNC(=NCc1c(CC)noc1CC)NCCCc1cccc(OC)c1. The zero-order valence-electron chi connectivity index (χ0n) is 17.0. The molecule has 148 valence electrons. The lowest BCUT2D eigenvalue weighted by atomic mass is 10.1. The minimum Gasteiger partial charge on any atom is -0.497 e. The number of benzene rings is 1. The Morgan fingerprint density at radius 2 is 2.04 bits per heavy atom. The normalized spacial score (nSPS) is 11.5. The largest absolute Gasteiger partial charge is 0.497 e. The van der Waals surface area contributed by atoms with Crippen LogP contribution in [0.15, 0.2) is 33.8 Å². The van der Waals surface area contributed by atoms with Crippen molar-refractivity contribution in [3.05, 3.63) is 46.8 Å². The average molecular weight is 373 g/mol. The molecular formula is C21H32N4O2. The summed E-state index contributed by atoms with van der Waals surface area (Å²) in [5.74, 6) is 2.67. The fourth-order valence-corrected chi connectivity index (χ4v) is 2.94. The number of nitrogens with zero attached hydrogens (tertiary/aromatic N) is 2. The highest BCUT2D eigenvalue weighted by Gasteiger charge is 2.13. The summed E-state index contributed by atoms with van der Waals surface area (Å²) in [6.45, 7) is 8.51. The van der Waals surface area contributed by atoms with Gasteiger partial charge in [-0.2, -0.15) is 0 Å². The van der Waals surface area contributed by atoms with Crippen molar-refractivity contribution in [1.29, 1.82) is 0 Å². The molecule has 1 heterocycles. The van der Waals surface area contributed by atoms with Crippen LogP contribution in [0.5, 0.6) is 5.75 Å². The fraction of sp³-hybridized carbons (Fsp3) is 0.524. The van der Waals surface area contributed by atoms with Gasteiger partial charge in [-0.05, 0) is 43.9 Å². The number of rotatable bonds is 10. The first-order chi connectivity index (χ1) is 13.2.